The molecule has 1 aliphatic rings. The number of carbonyl (C=O) groups excluding carboxylic acids is 3. The Morgan fingerprint density at radius 2 is 1.52 bits per heavy atom. The molecule has 140 valence electrons. The highest BCUT2D eigenvalue weighted by atomic mass is 35.5. The summed E-state index contributed by atoms with van der Waals surface area (Å²) in [5, 5.41) is 3.12. The first kappa shape index (κ1) is 18.9. The van der Waals surface area contributed by atoms with Crippen molar-refractivity contribution >= 4 is 29.5 Å². The Balaban J connectivity index is 1.98. The SMILES string of the molecule is CC(C)(C)OC(=O)N[C@@H](c1ccc(Cl)cc1)N1C(=O)c2ccccc2C1=O. The molecule has 1 atom stereocenters. The number of fused-ring (bicyclic) bond motifs is 1. The second kappa shape index (κ2) is 7.04. The van der Waals surface area contributed by atoms with Crippen LogP contribution >= 0.6 is 11.6 Å². The smallest absolute Gasteiger partial charge is 0.409 e. The molecule has 27 heavy (non-hydrogen) atoms. The lowest BCUT2D eigenvalue weighted by Crippen LogP contribution is -2.45. The van der Waals surface area contributed by atoms with Crippen LogP contribution in [0.3, 0.4) is 0 Å². The van der Waals surface area contributed by atoms with Crippen molar-refractivity contribution in [3.63, 3.8) is 0 Å². The predicted molar refractivity (Wildman–Crippen MR) is 101 cm³/mol. The van der Waals surface area contributed by atoms with Gasteiger partial charge < -0.3 is 4.74 Å². The van der Waals surface area contributed by atoms with Crippen LogP contribution in [-0.4, -0.2) is 28.4 Å². The monoisotopic (exact) mass is 386 g/mol. The lowest BCUT2D eigenvalue weighted by Gasteiger charge is -2.29. The van der Waals surface area contributed by atoms with E-state index in [0.29, 0.717) is 21.7 Å². The minimum Gasteiger partial charge on any atom is -0.444 e. The van der Waals surface area contributed by atoms with Crippen LogP contribution in [-0.2, 0) is 4.74 Å². The van der Waals surface area contributed by atoms with Gasteiger partial charge in [-0.15, -0.1) is 0 Å². The van der Waals surface area contributed by atoms with E-state index in [2.05, 4.69) is 5.32 Å². The Kier molecular flexibility index (Phi) is 4.93. The number of hydrogen-bond donors (Lipinski definition) is 1. The van der Waals surface area contributed by atoms with Gasteiger partial charge in [0.05, 0.1) is 11.1 Å². The summed E-state index contributed by atoms with van der Waals surface area (Å²) in [6.45, 7) is 5.18. The number of ether oxygens (including phenoxy) is 1. The van der Waals surface area contributed by atoms with Crippen molar-refractivity contribution in [1.82, 2.24) is 10.2 Å². The van der Waals surface area contributed by atoms with Crippen molar-refractivity contribution in [2.24, 2.45) is 0 Å². The Bertz CT molecular complexity index is 868. The third-order valence-corrected chi connectivity index (χ3v) is 4.17. The average molecular weight is 387 g/mol. The van der Waals surface area contributed by atoms with Gasteiger partial charge in [0.15, 0.2) is 0 Å². The Hall–Kier alpha value is -2.86. The van der Waals surface area contributed by atoms with Crippen LogP contribution in [0, 0.1) is 0 Å². The maximum atomic E-state index is 12.8. The minimum atomic E-state index is -1.02. The van der Waals surface area contributed by atoms with Crippen LogP contribution in [0.15, 0.2) is 48.5 Å². The molecule has 3 rings (SSSR count). The topological polar surface area (TPSA) is 75.7 Å². The summed E-state index contributed by atoms with van der Waals surface area (Å²) in [6.07, 6.45) is -1.76. The first-order valence-electron chi connectivity index (χ1n) is 8.39. The molecule has 0 aliphatic carbocycles. The fourth-order valence-corrected chi connectivity index (χ4v) is 2.93. The Morgan fingerprint density at radius 3 is 2.00 bits per heavy atom. The molecule has 0 radical (unpaired) electrons. The van der Waals surface area contributed by atoms with E-state index in [1.165, 1.54) is 0 Å². The fourth-order valence-electron chi connectivity index (χ4n) is 2.80. The zero-order valence-corrected chi connectivity index (χ0v) is 15.9. The van der Waals surface area contributed by atoms with Gasteiger partial charge in [0.2, 0.25) is 0 Å². The van der Waals surface area contributed by atoms with Gasteiger partial charge in [0.1, 0.15) is 11.8 Å². The number of imide groups is 1. The van der Waals surface area contributed by atoms with Crippen molar-refractivity contribution < 1.29 is 19.1 Å². The lowest BCUT2D eigenvalue weighted by molar-refractivity contribution is 0.0385. The van der Waals surface area contributed by atoms with Crippen LogP contribution in [0.5, 0.6) is 0 Å². The number of nitrogens with one attached hydrogen (secondary N) is 1. The molecule has 1 N–H and O–H groups in total. The molecule has 0 bridgehead atoms. The number of halogens is 1. The fraction of sp³-hybridized carbons (Fsp3) is 0.250. The number of alkyl carbamates (subject to hydrolysis) is 1. The number of rotatable bonds is 3. The van der Waals surface area contributed by atoms with Crippen molar-refractivity contribution in [2.45, 2.75) is 32.5 Å². The second-order valence-corrected chi connectivity index (χ2v) is 7.56. The van der Waals surface area contributed by atoms with E-state index >= 15 is 0 Å². The highest BCUT2D eigenvalue weighted by molar-refractivity contribution is 6.30. The largest absolute Gasteiger partial charge is 0.444 e. The third-order valence-electron chi connectivity index (χ3n) is 3.92. The highest BCUT2D eigenvalue weighted by Gasteiger charge is 2.41. The molecule has 1 heterocycles. The minimum absolute atomic E-state index is 0.299. The van der Waals surface area contributed by atoms with Crippen LogP contribution in [0.4, 0.5) is 4.79 Å². The van der Waals surface area contributed by atoms with E-state index in [9.17, 15) is 14.4 Å². The maximum Gasteiger partial charge on any atom is 0.409 e. The first-order chi connectivity index (χ1) is 12.7. The van der Waals surface area contributed by atoms with E-state index in [-0.39, 0.29) is 0 Å². The zero-order valence-electron chi connectivity index (χ0n) is 15.2. The summed E-state index contributed by atoms with van der Waals surface area (Å²) in [7, 11) is 0. The van der Waals surface area contributed by atoms with Crippen molar-refractivity contribution in [3.8, 4) is 0 Å². The number of hydrogen-bond acceptors (Lipinski definition) is 4. The molecular formula is C20H19ClN2O4. The van der Waals surface area contributed by atoms with Gasteiger partial charge in [0.25, 0.3) is 11.8 Å². The van der Waals surface area contributed by atoms with E-state index < -0.39 is 29.7 Å². The number of nitrogens with zero attached hydrogens (tertiary/aromatic N) is 1. The van der Waals surface area contributed by atoms with Crippen LogP contribution < -0.4 is 5.32 Å². The molecule has 0 fully saturated rings. The molecule has 0 unspecified atom stereocenters. The molecule has 7 heteroatoms. The molecule has 0 saturated heterocycles. The van der Waals surface area contributed by atoms with Gasteiger partial charge in [-0.05, 0) is 50.6 Å². The highest BCUT2D eigenvalue weighted by Crippen LogP contribution is 2.30. The van der Waals surface area contributed by atoms with E-state index in [4.69, 9.17) is 16.3 Å². The van der Waals surface area contributed by atoms with E-state index in [1.807, 2.05) is 0 Å². The third kappa shape index (κ3) is 3.95. The van der Waals surface area contributed by atoms with Crippen LogP contribution in [0.1, 0.15) is 53.2 Å². The van der Waals surface area contributed by atoms with Crippen molar-refractivity contribution in [1.29, 1.82) is 0 Å². The molecule has 2 aromatic carbocycles. The summed E-state index contributed by atoms with van der Waals surface area (Å²) < 4.78 is 5.30. The normalized spacial score (nSPS) is 14.7. The molecule has 1 aliphatic heterocycles. The number of benzene rings is 2. The Morgan fingerprint density at radius 1 is 1.00 bits per heavy atom. The molecular weight excluding hydrogens is 368 g/mol. The predicted octanol–water partition coefficient (Wildman–Crippen LogP) is 4.16. The summed E-state index contributed by atoms with van der Waals surface area (Å²) in [4.78, 5) is 39.1. The summed E-state index contributed by atoms with van der Waals surface area (Å²) in [5.41, 5.74) is 0.399. The zero-order chi connectivity index (χ0) is 19.8. The van der Waals surface area contributed by atoms with Gasteiger partial charge in [-0.2, -0.15) is 0 Å². The second-order valence-electron chi connectivity index (χ2n) is 7.13. The summed E-state index contributed by atoms with van der Waals surface area (Å²) in [6, 6.07) is 13.1. The molecule has 6 nitrogen and oxygen atoms in total. The van der Waals surface area contributed by atoms with E-state index in [0.717, 1.165) is 4.90 Å². The molecule has 3 amide bonds. The molecule has 0 saturated carbocycles. The van der Waals surface area contributed by atoms with Gasteiger partial charge in [-0.3, -0.25) is 14.9 Å². The molecule has 0 aromatic heterocycles. The Labute approximate surface area is 162 Å². The van der Waals surface area contributed by atoms with Gasteiger partial charge in [0, 0.05) is 5.02 Å². The lowest BCUT2D eigenvalue weighted by atomic mass is 10.1. The van der Waals surface area contributed by atoms with E-state index in [1.54, 1.807) is 69.3 Å². The quantitative estimate of drug-likeness (QED) is 0.803. The first-order valence-corrected chi connectivity index (χ1v) is 8.77. The van der Waals surface area contributed by atoms with Crippen molar-refractivity contribution in [3.05, 3.63) is 70.2 Å². The van der Waals surface area contributed by atoms with Crippen LogP contribution in [0.25, 0.3) is 0 Å². The average Bonchev–Trinajstić information content (AvgIpc) is 2.84. The number of carbonyl (C=O) groups is 3. The summed E-state index contributed by atoms with van der Waals surface area (Å²) in [5.74, 6) is -0.960. The van der Waals surface area contributed by atoms with Gasteiger partial charge >= 0.3 is 6.09 Å². The standard InChI is InChI=1S/C20H19ClN2O4/c1-20(2,3)27-19(26)22-16(12-8-10-13(21)11-9-12)23-17(24)14-6-4-5-7-15(14)18(23)25/h4-11,16H,1-3H3,(H,22,26)/t16-/m1/s1. The summed E-state index contributed by atoms with van der Waals surface area (Å²) >= 11 is 5.94. The van der Waals surface area contributed by atoms with Crippen molar-refractivity contribution in [2.75, 3.05) is 0 Å². The van der Waals surface area contributed by atoms with Crippen LogP contribution in [0.2, 0.25) is 5.02 Å². The molecule has 2 aromatic rings. The van der Waals surface area contributed by atoms with Gasteiger partial charge in [-0.1, -0.05) is 35.9 Å². The van der Waals surface area contributed by atoms with Gasteiger partial charge in [-0.25, -0.2) is 9.69 Å². The number of amides is 3. The maximum absolute atomic E-state index is 12.8. The molecule has 0 spiro atoms.